The van der Waals surface area contributed by atoms with Crippen LogP contribution < -0.4 is 10.5 Å². The van der Waals surface area contributed by atoms with Crippen LogP contribution >= 0.6 is 12.4 Å². The van der Waals surface area contributed by atoms with Gasteiger partial charge in [-0.05, 0) is 24.1 Å². The lowest BCUT2D eigenvalue weighted by molar-refractivity contribution is 0.276. The molecule has 15 heavy (non-hydrogen) atoms. The van der Waals surface area contributed by atoms with Gasteiger partial charge in [0.15, 0.2) is 11.5 Å². The molecule has 5 heteroatoms. The van der Waals surface area contributed by atoms with Crippen LogP contribution in [0.15, 0.2) is 18.2 Å². The molecule has 0 fully saturated rings. The van der Waals surface area contributed by atoms with Gasteiger partial charge in [-0.25, -0.2) is 0 Å². The van der Waals surface area contributed by atoms with Crippen LogP contribution in [-0.4, -0.2) is 23.9 Å². The lowest BCUT2D eigenvalue weighted by Crippen LogP contribution is -2.11. The second-order valence-electron chi connectivity index (χ2n) is 3.05. The number of phenolic OH excluding ortho intramolecular Hbond substituents is 1. The van der Waals surface area contributed by atoms with E-state index in [0.717, 1.165) is 5.56 Å². The molecule has 86 valence electrons. The van der Waals surface area contributed by atoms with E-state index in [1.54, 1.807) is 12.1 Å². The maximum atomic E-state index is 9.33. The van der Waals surface area contributed by atoms with Crippen molar-refractivity contribution in [3.8, 4) is 11.5 Å². The molecule has 4 nitrogen and oxygen atoms in total. The highest BCUT2D eigenvalue weighted by Gasteiger charge is 2.08. The van der Waals surface area contributed by atoms with Crippen molar-refractivity contribution in [3.63, 3.8) is 0 Å². The Kier molecular flexibility index (Phi) is 6.08. The fourth-order valence-corrected chi connectivity index (χ4v) is 1.23. The predicted octanol–water partition coefficient (Wildman–Crippen LogP) is 1.20. The van der Waals surface area contributed by atoms with Crippen molar-refractivity contribution in [3.05, 3.63) is 23.8 Å². The monoisotopic (exact) mass is 233 g/mol. The van der Waals surface area contributed by atoms with Crippen LogP contribution in [0, 0.1) is 0 Å². The van der Waals surface area contributed by atoms with Crippen molar-refractivity contribution in [2.75, 3.05) is 13.7 Å². The summed E-state index contributed by atoms with van der Waals surface area (Å²) in [7, 11) is 1.48. The molecule has 0 aliphatic carbocycles. The van der Waals surface area contributed by atoms with Gasteiger partial charge in [-0.15, -0.1) is 12.4 Å². The summed E-state index contributed by atoms with van der Waals surface area (Å²) in [4.78, 5) is 0. The fraction of sp³-hybridized carbons (Fsp3) is 0.400. The topological polar surface area (TPSA) is 75.7 Å². The number of aromatic hydroxyl groups is 1. The number of hydrogen-bond acceptors (Lipinski definition) is 4. The Labute approximate surface area is 95.1 Å². The first-order valence-corrected chi connectivity index (χ1v) is 4.42. The minimum absolute atomic E-state index is 0. The van der Waals surface area contributed by atoms with Crippen molar-refractivity contribution in [2.24, 2.45) is 5.73 Å². The van der Waals surface area contributed by atoms with Gasteiger partial charge in [-0.1, -0.05) is 6.07 Å². The molecule has 0 radical (unpaired) electrons. The van der Waals surface area contributed by atoms with E-state index in [2.05, 4.69) is 0 Å². The summed E-state index contributed by atoms with van der Waals surface area (Å²) in [5.74, 6) is 0.489. The van der Waals surface area contributed by atoms with Gasteiger partial charge in [0, 0.05) is 12.6 Å². The van der Waals surface area contributed by atoms with Crippen LogP contribution in [0.4, 0.5) is 0 Å². The third kappa shape index (κ3) is 3.58. The molecule has 0 unspecified atom stereocenters. The quantitative estimate of drug-likeness (QED) is 0.731. The zero-order valence-corrected chi connectivity index (χ0v) is 9.33. The highest BCUT2D eigenvalue weighted by Crippen LogP contribution is 2.28. The standard InChI is InChI=1S/C10H15NO3.ClH/c1-14-10-6-7(2-3-9(10)13)8(11)4-5-12;/h2-3,6,8,12-13H,4-5,11H2,1H3;1H/t8-;/m0./s1. The van der Waals surface area contributed by atoms with E-state index in [1.807, 2.05) is 0 Å². The normalized spacial score (nSPS) is 11.7. The summed E-state index contributed by atoms with van der Waals surface area (Å²) in [5, 5.41) is 18.0. The Morgan fingerprint density at radius 3 is 2.67 bits per heavy atom. The number of aliphatic hydroxyl groups is 1. The smallest absolute Gasteiger partial charge is 0.160 e. The van der Waals surface area contributed by atoms with Crippen LogP contribution in [0.25, 0.3) is 0 Å². The Balaban J connectivity index is 0.00000196. The zero-order chi connectivity index (χ0) is 10.6. The van der Waals surface area contributed by atoms with Crippen molar-refractivity contribution >= 4 is 12.4 Å². The molecule has 1 atom stereocenters. The molecule has 1 rings (SSSR count). The number of benzene rings is 1. The highest BCUT2D eigenvalue weighted by atomic mass is 35.5. The average molecular weight is 234 g/mol. The lowest BCUT2D eigenvalue weighted by Gasteiger charge is -2.12. The van der Waals surface area contributed by atoms with E-state index in [9.17, 15) is 5.11 Å². The van der Waals surface area contributed by atoms with Gasteiger partial charge >= 0.3 is 0 Å². The molecule has 0 amide bonds. The summed E-state index contributed by atoms with van der Waals surface area (Å²) in [6, 6.07) is 4.70. The van der Waals surface area contributed by atoms with Gasteiger partial charge in [0.05, 0.1) is 7.11 Å². The van der Waals surface area contributed by atoms with E-state index in [4.69, 9.17) is 15.6 Å². The zero-order valence-electron chi connectivity index (χ0n) is 8.51. The van der Waals surface area contributed by atoms with E-state index >= 15 is 0 Å². The molecule has 0 saturated heterocycles. The molecule has 1 aromatic rings. The van der Waals surface area contributed by atoms with Gasteiger partial charge < -0.3 is 20.7 Å². The summed E-state index contributed by atoms with van der Waals surface area (Å²) >= 11 is 0. The molecule has 1 aromatic carbocycles. The largest absolute Gasteiger partial charge is 0.504 e. The molecule has 0 bridgehead atoms. The number of nitrogens with two attached hydrogens (primary N) is 1. The number of aliphatic hydroxyl groups excluding tert-OH is 1. The highest BCUT2D eigenvalue weighted by molar-refractivity contribution is 5.85. The van der Waals surface area contributed by atoms with E-state index < -0.39 is 0 Å². The first-order chi connectivity index (χ1) is 6.69. The number of methoxy groups -OCH3 is 1. The van der Waals surface area contributed by atoms with Crippen LogP contribution in [0.1, 0.15) is 18.0 Å². The minimum atomic E-state index is -0.227. The number of halogens is 1. The van der Waals surface area contributed by atoms with Crippen molar-refractivity contribution in [2.45, 2.75) is 12.5 Å². The molecular weight excluding hydrogens is 218 g/mol. The minimum Gasteiger partial charge on any atom is -0.504 e. The number of rotatable bonds is 4. The fourth-order valence-electron chi connectivity index (χ4n) is 1.23. The van der Waals surface area contributed by atoms with Crippen LogP contribution in [0.3, 0.4) is 0 Å². The van der Waals surface area contributed by atoms with Crippen LogP contribution in [0.2, 0.25) is 0 Å². The first kappa shape index (κ1) is 14.0. The molecule has 0 aliphatic heterocycles. The number of ether oxygens (including phenoxy) is 1. The van der Waals surface area contributed by atoms with Crippen molar-refractivity contribution in [1.82, 2.24) is 0 Å². The lowest BCUT2D eigenvalue weighted by atomic mass is 10.0. The second-order valence-corrected chi connectivity index (χ2v) is 3.05. The molecule has 0 aliphatic rings. The maximum absolute atomic E-state index is 9.33. The van der Waals surface area contributed by atoms with Crippen LogP contribution in [0.5, 0.6) is 11.5 Å². The van der Waals surface area contributed by atoms with Gasteiger partial charge in [0.2, 0.25) is 0 Å². The molecule has 0 saturated carbocycles. The van der Waals surface area contributed by atoms with Crippen LogP contribution in [-0.2, 0) is 0 Å². The summed E-state index contributed by atoms with van der Waals surface area (Å²) in [6.07, 6.45) is 0.494. The summed E-state index contributed by atoms with van der Waals surface area (Å²) in [6.45, 7) is 0.0460. The van der Waals surface area contributed by atoms with Gasteiger partial charge in [0.25, 0.3) is 0 Å². The Bertz CT molecular complexity index is 307. The van der Waals surface area contributed by atoms with Crippen molar-refractivity contribution < 1.29 is 14.9 Å². The Morgan fingerprint density at radius 2 is 2.13 bits per heavy atom. The molecular formula is C10H16ClNO3. The average Bonchev–Trinajstić information content (AvgIpc) is 2.19. The van der Waals surface area contributed by atoms with Gasteiger partial charge in [-0.3, -0.25) is 0 Å². The molecule has 0 aromatic heterocycles. The molecule has 4 N–H and O–H groups in total. The van der Waals surface area contributed by atoms with Gasteiger partial charge in [0.1, 0.15) is 0 Å². The third-order valence-corrected chi connectivity index (χ3v) is 2.07. The Hall–Kier alpha value is -0.970. The number of hydrogen-bond donors (Lipinski definition) is 3. The SMILES string of the molecule is COc1cc([C@@H](N)CCO)ccc1O.Cl. The van der Waals surface area contributed by atoms with E-state index in [0.29, 0.717) is 12.2 Å². The second kappa shape index (κ2) is 6.50. The summed E-state index contributed by atoms with van der Waals surface area (Å²) in [5.41, 5.74) is 6.62. The van der Waals surface area contributed by atoms with E-state index in [-0.39, 0.29) is 30.8 Å². The maximum Gasteiger partial charge on any atom is 0.160 e. The van der Waals surface area contributed by atoms with Gasteiger partial charge in [-0.2, -0.15) is 0 Å². The van der Waals surface area contributed by atoms with E-state index in [1.165, 1.54) is 13.2 Å². The Morgan fingerprint density at radius 1 is 1.47 bits per heavy atom. The number of phenols is 1. The molecule has 0 heterocycles. The molecule has 0 spiro atoms. The first-order valence-electron chi connectivity index (χ1n) is 4.42. The summed E-state index contributed by atoms with van der Waals surface area (Å²) < 4.78 is 4.95. The van der Waals surface area contributed by atoms with Crippen molar-refractivity contribution in [1.29, 1.82) is 0 Å². The predicted molar refractivity (Wildman–Crippen MR) is 60.5 cm³/mol. The third-order valence-electron chi connectivity index (χ3n) is 2.07.